The number of benzene rings is 3. The van der Waals surface area contributed by atoms with E-state index >= 15 is 0 Å². The highest BCUT2D eigenvalue weighted by Crippen LogP contribution is 2.33. The Morgan fingerprint density at radius 1 is 1.00 bits per heavy atom. The van der Waals surface area contributed by atoms with Crippen LogP contribution in [0.25, 0.3) is 5.57 Å². The van der Waals surface area contributed by atoms with Gasteiger partial charge in [0.15, 0.2) is 0 Å². The molecule has 0 bridgehead atoms. The molecule has 0 aliphatic carbocycles. The summed E-state index contributed by atoms with van der Waals surface area (Å²) in [6.07, 6.45) is 0. The van der Waals surface area contributed by atoms with Crippen LogP contribution in [0.4, 0.5) is 10.5 Å². The Kier molecular flexibility index (Phi) is 5.57. The lowest BCUT2D eigenvalue weighted by Crippen LogP contribution is -2.35. The third-order valence-corrected chi connectivity index (χ3v) is 5.57. The molecule has 1 saturated heterocycles. The van der Waals surface area contributed by atoms with Gasteiger partial charge in [-0.1, -0.05) is 66.7 Å². The average Bonchev–Trinajstić information content (AvgIpc) is 3.10. The Bertz CT molecular complexity index is 1030. The molecule has 1 aliphatic heterocycles. The molecule has 0 spiro atoms. The number of ether oxygens (including phenoxy) is 1. The standard InChI is InChI=1S/C26H26N2O2/c1-19-9-11-22(12-10-19)20(2)25-18-27(17-21-7-5-4-6-8-21)26(29)28(25)23-13-15-24(30-3)16-14-23/h4-16,25H,2,17-18H2,1,3H3. The molecule has 0 radical (unpaired) electrons. The van der Waals surface area contributed by atoms with Crippen molar-refractivity contribution in [2.75, 3.05) is 18.6 Å². The molecule has 1 heterocycles. The number of nitrogens with zero attached hydrogens (tertiary/aromatic N) is 2. The normalized spacial score (nSPS) is 16.1. The van der Waals surface area contributed by atoms with Crippen molar-refractivity contribution < 1.29 is 9.53 Å². The minimum Gasteiger partial charge on any atom is -0.497 e. The molecule has 1 atom stereocenters. The quantitative estimate of drug-likeness (QED) is 0.547. The summed E-state index contributed by atoms with van der Waals surface area (Å²) in [7, 11) is 1.64. The Morgan fingerprint density at radius 2 is 1.67 bits per heavy atom. The molecule has 0 N–H and O–H groups in total. The van der Waals surface area contributed by atoms with Gasteiger partial charge in [-0.3, -0.25) is 4.90 Å². The molecule has 4 rings (SSSR count). The van der Waals surface area contributed by atoms with Crippen LogP contribution in [-0.2, 0) is 6.54 Å². The molecule has 3 aromatic carbocycles. The van der Waals surface area contributed by atoms with Crippen molar-refractivity contribution in [3.05, 3.63) is 102 Å². The van der Waals surface area contributed by atoms with Gasteiger partial charge in [-0.05, 0) is 47.9 Å². The predicted octanol–water partition coefficient (Wildman–Crippen LogP) is 5.53. The summed E-state index contributed by atoms with van der Waals surface area (Å²) in [4.78, 5) is 17.2. The Hall–Kier alpha value is -3.53. The second kappa shape index (κ2) is 8.46. The molecule has 0 aromatic heterocycles. The molecule has 152 valence electrons. The lowest BCUT2D eigenvalue weighted by Gasteiger charge is -2.25. The summed E-state index contributed by atoms with van der Waals surface area (Å²) in [6.45, 7) is 7.61. The molecule has 0 saturated carbocycles. The van der Waals surface area contributed by atoms with Gasteiger partial charge >= 0.3 is 6.03 Å². The molecule has 1 fully saturated rings. The third kappa shape index (κ3) is 3.94. The van der Waals surface area contributed by atoms with Crippen molar-refractivity contribution in [3.8, 4) is 5.75 Å². The number of rotatable bonds is 6. The number of urea groups is 1. The highest BCUT2D eigenvalue weighted by atomic mass is 16.5. The van der Waals surface area contributed by atoms with E-state index in [0.29, 0.717) is 13.1 Å². The number of anilines is 1. The van der Waals surface area contributed by atoms with Gasteiger partial charge in [0.1, 0.15) is 5.75 Å². The van der Waals surface area contributed by atoms with E-state index in [-0.39, 0.29) is 12.1 Å². The van der Waals surface area contributed by atoms with Gasteiger partial charge < -0.3 is 9.64 Å². The van der Waals surface area contributed by atoms with Crippen molar-refractivity contribution >= 4 is 17.3 Å². The fraction of sp³-hybridized carbons (Fsp3) is 0.192. The van der Waals surface area contributed by atoms with E-state index in [4.69, 9.17) is 4.74 Å². The van der Waals surface area contributed by atoms with Gasteiger partial charge in [0.05, 0.1) is 13.2 Å². The summed E-state index contributed by atoms with van der Waals surface area (Å²) in [6, 6.07) is 25.9. The number of carbonyl (C=O) groups excluding carboxylic acids is 1. The molecular weight excluding hydrogens is 372 g/mol. The van der Waals surface area contributed by atoms with Crippen LogP contribution < -0.4 is 9.64 Å². The lowest BCUT2D eigenvalue weighted by atomic mass is 9.98. The molecule has 4 nitrogen and oxygen atoms in total. The molecule has 1 unspecified atom stereocenters. The smallest absolute Gasteiger partial charge is 0.325 e. The highest BCUT2D eigenvalue weighted by molar-refractivity contribution is 5.98. The fourth-order valence-electron chi connectivity index (χ4n) is 3.85. The number of carbonyl (C=O) groups is 1. The molecule has 3 aromatic rings. The topological polar surface area (TPSA) is 32.8 Å². The SMILES string of the molecule is C=C(c1ccc(C)cc1)C1CN(Cc2ccccc2)C(=O)N1c1ccc(OC)cc1. The Balaban J connectivity index is 1.67. The minimum absolute atomic E-state index is 0.0118. The van der Waals surface area contributed by atoms with Crippen LogP contribution >= 0.6 is 0 Å². The van der Waals surface area contributed by atoms with Crippen LogP contribution in [0.15, 0.2) is 85.4 Å². The minimum atomic E-state index is -0.141. The van der Waals surface area contributed by atoms with E-state index in [1.165, 1.54) is 5.56 Å². The summed E-state index contributed by atoms with van der Waals surface area (Å²) in [5, 5.41) is 0. The number of hydrogen-bond acceptors (Lipinski definition) is 2. The van der Waals surface area contributed by atoms with Crippen LogP contribution in [0, 0.1) is 6.92 Å². The number of methoxy groups -OCH3 is 1. The summed E-state index contributed by atoms with van der Waals surface area (Å²) in [5.41, 5.74) is 5.15. The lowest BCUT2D eigenvalue weighted by molar-refractivity contribution is 0.218. The van der Waals surface area contributed by atoms with Crippen molar-refractivity contribution in [1.29, 1.82) is 0 Å². The van der Waals surface area contributed by atoms with Crippen LogP contribution in [-0.4, -0.2) is 30.6 Å². The van der Waals surface area contributed by atoms with Gasteiger partial charge in [0, 0.05) is 18.8 Å². The zero-order valence-corrected chi connectivity index (χ0v) is 17.4. The first kappa shape index (κ1) is 19.8. The first-order valence-electron chi connectivity index (χ1n) is 10.1. The average molecular weight is 399 g/mol. The molecule has 4 heteroatoms. The van der Waals surface area contributed by atoms with Gasteiger partial charge in [0.2, 0.25) is 0 Å². The Labute approximate surface area is 178 Å². The highest BCUT2D eigenvalue weighted by Gasteiger charge is 2.39. The maximum absolute atomic E-state index is 13.4. The van der Waals surface area contributed by atoms with Crippen molar-refractivity contribution in [3.63, 3.8) is 0 Å². The maximum Gasteiger partial charge on any atom is 0.325 e. The second-order valence-electron chi connectivity index (χ2n) is 7.62. The van der Waals surface area contributed by atoms with Crippen LogP contribution in [0.5, 0.6) is 5.75 Å². The van der Waals surface area contributed by atoms with E-state index in [0.717, 1.165) is 28.1 Å². The van der Waals surface area contributed by atoms with Crippen LogP contribution in [0.1, 0.15) is 16.7 Å². The summed E-state index contributed by atoms with van der Waals surface area (Å²) < 4.78 is 5.28. The van der Waals surface area contributed by atoms with Crippen molar-refractivity contribution in [2.24, 2.45) is 0 Å². The first-order chi connectivity index (χ1) is 14.6. The monoisotopic (exact) mass is 398 g/mol. The van der Waals surface area contributed by atoms with Crippen LogP contribution in [0.3, 0.4) is 0 Å². The third-order valence-electron chi connectivity index (χ3n) is 5.57. The van der Waals surface area contributed by atoms with Gasteiger partial charge in [0.25, 0.3) is 0 Å². The largest absolute Gasteiger partial charge is 0.497 e. The van der Waals surface area contributed by atoms with Gasteiger partial charge in [-0.2, -0.15) is 0 Å². The number of hydrogen-bond donors (Lipinski definition) is 0. The van der Waals surface area contributed by atoms with Crippen molar-refractivity contribution in [1.82, 2.24) is 4.90 Å². The van der Waals surface area contributed by atoms with Crippen LogP contribution in [0.2, 0.25) is 0 Å². The molecule has 2 amide bonds. The van der Waals surface area contributed by atoms with E-state index in [9.17, 15) is 4.79 Å². The van der Waals surface area contributed by atoms with Crippen molar-refractivity contribution in [2.45, 2.75) is 19.5 Å². The maximum atomic E-state index is 13.4. The van der Waals surface area contributed by atoms with E-state index in [2.05, 4.69) is 37.8 Å². The second-order valence-corrected chi connectivity index (χ2v) is 7.62. The molecule has 30 heavy (non-hydrogen) atoms. The molecule has 1 aliphatic rings. The first-order valence-corrected chi connectivity index (χ1v) is 10.1. The zero-order valence-electron chi connectivity index (χ0n) is 17.4. The van der Waals surface area contributed by atoms with Gasteiger partial charge in [-0.25, -0.2) is 4.79 Å². The van der Waals surface area contributed by atoms with E-state index in [1.54, 1.807) is 7.11 Å². The van der Waals surface area contributed by atoms with E-state index < -0.39 is 0 Å². The Morgan fingerprint density at radius 3 is 2.30 bits per heavy atom. The zero-order chi connectivity index (χ0) is 21.1. The number of amides is 2. The number of aryl methyl sites for hydroxylation is 1. The van der Waals surface area contributed by atoms with Gasteiger partial charge in [-0.15, -0.1) is 0 Å². The van der Waals surface area contributed by atoms with E-state index in [1.807, 2.05) is 64.4 Å². The molecular formula is C26H26N2O2. The summed E-state index contributed by atoms with van der Waals surface area (Å²) in [5.74, 6) is 0.764. The fourth-order valence-corrected chi connectivity index (χ4v) is 3.85. The predicted molar refractivity (Wildman–Crippen MR) is 122 cm³/mol. The summed E-state index contributed by atoms with van der Waals surface area (Å²) >= 11 is 0.